The number of morpholine rings is 1. The van der Waals surface area contributed by atoms with Gasteiger partial charge in [-0.3, -0.25) is 4.79 Å². The van der Waals surface area contributed by atoms with Gasteiger partial charge < -0.3 is 14.6 Å². The van der Waals surface area contributed by atoms with Gasteiger partial charge in [0.2, 0.25) is 0 Å². The maximum atomic E-state index is 13.2. The highest BCUT2D eigenvalue weighted by molar-refractivity contribution is 6.30. The van der Waals surface area contributed by atoms with Crippen molar-refractivity contribution in [1.29, 1.82) is 0 Å². The van der Waals surface area contributed by atoms with Crippen molar-refractivity contribution in [2.45, 2.75) is 6.10 Å². The normalized spacial score (nSPS) is 17.3. The minimum Gasteiger partial charge on any atom is -0.370 e. The van der Waals surface area contributed by atoms with Crippen LogP contribution in [0, 0.1) is 0 Å². The van der Waals surface area contributed by atoms with Gasteiger partial charge in [-0.2, -0.15) is 0 Å². The summed E-state index contributed by atoms with van der Waals surface area (Å²) in [7, 11) is 0. The van der Waals surface area contributed by atoms with Crippen LogP contribution in [-0.4, -0.2) is 40.5 Å². The molecule has 1 aromatic heterocycles. The fraction of sp³-hybridized carbons (Fsp3) is 0.200. The van der Waals surface area contributed by atoms with Crippen LogP contribution in [0.25, 0.3) is 11.4 Å². The van der Waals surface area contributed by atoms with Crippen LogP contribution in [0.3, 0.4) is 0 Å². The lowest BCUT2D eigenvalue weighted by atomic mass is 10.0. The lowest BCUT2D eigenvalue weighted by molar-refractivity contribution is -0.0228. The zero-order chi connectivity index (χ0) is 17.9. The predicted octanol–water partition coefficient (Wildman–Crippen LogP) is 3.94. The number of amides is 1. The Kier molecular flexibility index (Phi) is 4.73. The number of carbonyl (C=O) groups is 1. The highest BCUT2D eigenvalue weighted by Crippen LogP contribution is 2.27. The Morgan fingerprint density at radius 2 is 2.00 bits per heavy atom. The van der Waals surface area contributed by atoms with Crippen LogP contribution < -0.4 is 0 Å². The van der Waals surface area contributed by atoms with Gasteiger partial charge in [-0.25, -0.2) is 4.98 Å². The van der Waals surface area contributed by atoms with Gasteiger partial charge in [0.15, 0.2) is 0 Å². The predicted molar refractivity (Wildman–Crippen MR) is 100 cm³/mol. The number of H-pyrrole nitrogens is 1. The van der Waals surface area contributed by atoms with Crippen LogP contribution >= 0.6 is 11.6 Å². The van der Waals surface area contributed by atoms with Gasteiger partial charge in [-0.1, -0.05) is 41.9 Å². The first-order chi connectivity index (χ1) is 12.7. The molecule has 0 bridgehead atoms. The molecule has 3 aromatic rings. The van der Waals surface area contributed by atoms with E-state index in [-0.39, 0.29) is 12.0 Å². The lowest BCUT2D eigenvalue weighted by Crippen LogP contribution is -2.42. The minimum absolute atomic E-state index is 0.0146. The molecule has 1 aliphatic rings. The van der Waals surface area contributed by atoms with E-state index in [4.69, 9.17) is 16.3 Å². The number of nitrogens with zero attached hydrogens (tertiary/aromatic N) is 2. The fourth-order valence-electron chi connectivity index (χ4n) is 3.17. The van der Waals surface area contributed by atoms with Crippen LogP contribution in [0.4, 0.5) is 0 Å². The summed E-state index contributed by atoms with van der Waals surface area (Å²) in [6, 6.07) is 15.1. The van der Waals surface area contributed by atoms with Gasteiger partial charge in [0.05, 0.1) is 18.7 Å². The fourth-order valence-corrected chi connectivity index (χ4v) is 3.30. The molecule has 1 N–H and O–H groups in total. The summed E-state index contributed by atoms with van der Waals surface area (Å²) in [5, 5.41) is 0.685. The van der Waals surface area contributed by atoms with Gasteiger partial charge >= 0.3 is 0 Å². The van der Waals surface area contributed by atoms with Gasteiger partial charge in [0.1, 0.15) is 11.9 Å². The molecule has 1 fully saturated rings. The zero-order valence-electron chi connectivity index (χ0n) is 14.1. The first-order valence-corrected chi connectivity index (χ1v) is 8.85. The van der Waals surface area contributed by atoms with E-state index in [0.29, 0.717) is 36.1 Å². The first kappa shape index (κ1) is 16.8. The van der Waals surface area contributed by atoms with Gasteiger partial charge in [-0.15, -0.1) is 0 Å². The van der Waals surface area contributed by atoms with E-state index in [2.05, 4.69) is 9.97 Å². The number of hydrogen-bond donors (Lipinski definition) is 1. The van der Waals surface area contributed by atoms with Crippen molar-refractivity contribution in [2.24, 2.45) is 0 Å². The molecular formula is C20H18ClN3O2. The van der Waals surface area contributed by atoms with Crippen molar-refractivity contribution in [1.82, 2.24) is 14.9 Å². The third-order valence-electron chi connectivity index (χ3n) is 4.51. The number of halogens is 1. The average Bonchev–Trinajstić information content (AvgIpc) is 3.23. The summed E-state index contributed by atoms with van der Waals surface area (Å²) < 4.78 is 5.87. The van der Waals surface area contributed by atoms with Crippen molar-refractivity contribution in [3.63, 3.8) is 0 Å². The second kappa shape index (κ2) is 7.32. The maximum absolute atomic E-state index is 13.2. The number of rotatable bonds is 3. The smallest absolute Gasteiger partial charge is 0.254 e. The standard InChI is InChI=1S/C20H18ClN3O2/c21-15-7-5-14(6-8-15)18-13-24(11-12-26-18)20(25)17-4-2-1-3-16(17)19-22-9-10-23-19/h1-10,18H,11-13H2,(H,22,23). The minimum atomic E-state index is -0.152. The van der Waals surface area contributed by atoms with E-state index in [1.54, 1.807) is 12.4 Å². The summed E-state index contributed by atoms with van der Waals surface area (Å²) in [5.41, 5.74) is 2.46. The Morgan fingerprint density at radius 3 is 2.77 bits per heavy atom. The summed E-state index contributed by atoms with van der Waals surface area (Å²) in [5.74, 6) is 0.677. The van der Waals surface area contributed by atoms with Crippen LogP contribution in [0.1, 0.15) is 22.0 Å². The van der Waals surface area contributed by atoms with Crippen molar-refractivity contribution in [2.75, 3.05) is 19.7 Å². The number of aromatic nitrogens is 2. The number of benzene rings is 2. The number of ether oxygens (including phenoxy) is 1. The molecule has 26 heavy (non-hydrogen) atoms. The molecule has 0 saturated carbocycles. The molecule has 0 aliphatic carbocycles. The van der Waals surface area contributed by atoms with E-state index >= 15 is 0 Å². The molecule has 1 atom stereocenters. The highest BCUT2D eigenvalue weighted by Gasteiger charge is 2.27. The maximum Gasteiger partial charge on any atom is 0.254 e. The molecule has 1 unspecified atom stereocenters. The molecular weight excluding hydrogens is 350 g/mol. The number of hydrogen-bond acceptors (Lipinski definition) is 3. The van der Waals surface area contributed by atoms with E-state index < -0.39 is 0 Å². The molecule has 0 spiro atoms. The topological polar surface area (TPSA) is 58.2 Å². The number of carbonyl (C=O) groups excluding carboxylic acids is 1. The Bertz CT molecular complexity index is 894. The zero-order valence-corrected chi connectivity index (χ0v) is 14.8. The van der Waals surface area contributed by atoms with E-state index in [1.165, 1.54) is 0 Å². The summed E-state index contributed by atoms with van der Waals surface area (Å²) in [6.07, 6.45) is 3.28. The SMILES string of the molecule is O=C(c1ccccc1-c1ncc[nH]1)N1CCOC(c2ccc(Cl)cc2)C1. The molecule has 2 aromatic carbocycles. The Hall–Kier alpha value is -2.63. The Morgan fingerprint density at radius 1 is 1.19 bits per heavy atom. The number of imidazole rings is 1. The quantitative estimate of drug-likeness (QED) is 0.762. The van der Waals surface area contributed by atoms with Crippen LogP contribution in [0.5, 0.6) is 0 Å². The molecule has 1 aliphatic heterocycles. The van der Waals surface area contributed by atoms with Gasteiger partial charge in [-0.05, 0) is 23.8 Å². The monoisotopic (exact) mass is 367 g/mol. The molecule has 2 heterocycles. The molecule has 4 rings (SSSR count). The average molecular weight is 368 g/mol. The molecule has 0 radical (unpaired) electrons. The van der Waals surface area contributed by atoms with E-state index in [0.717, 1.165) is 11.1 Å². The van der Waals surface area contributed by atoms with Crippen LogP contribution in [0.2, 0.25) is 5.02 Å². The Labute approximate surface area is 156 Å². The number of nitrogens with one attached hydrogen (secondary N) is 1. The third kappa shape index (κ3) is 3.36. The Balaban J connectivity index is 1.58. The lowest BCUT2D eigenvalue weighted by Gasteiger charge is -2.33. The first-order valence-electron chi connectivity index (χ1n) is 8.47. The third-order valence-corrected chi connectivity index (χ3v) is 4.76. The largest absolute Gasteiger partial charge is 0.370 e. The van der Waals surface area contributed by atoms with Crippen molar-refractivity contribution in [3.05, 3.63) is 77.1 Å². The summed E-state index contributed by atoms with van der Waals surface area (Å²) in [4.78, 5) is 22.3. The summed E-state index contributed by atoms with van der Waals surface area (Å²) >= 11 is 5.96. The second-order valence-electron chi connectivity index (χ2n) is 6.15. The molecule has 132 valence electrons. The highest BCUT2D eigenvalue weighted by atomic mass is 35.5. The van der Waals surface area contributed by atoms with E-state index in [9.17, 15) is 4.79 Å². The van der Waals surface area contributed by atoms with E-state index in [1.807, 2.05) is 53.4 Å². The molecule has 6 heteroatoms. The molecule has 1 saturated heterocycles. The van der Waals surface area contributed by atoms with Crippen molar-refractivity contribution in [3.8, 4) is 11.4 Å². The van der Waals surface area contributed by atoms with Gasteiger partial charge in [0, 0.05) is 29.5 Å². The molecule has 5 nitrogen and oxygen atoms in total. The van der Waals surface area contributed by atoms with Crippen LogP contribution in [-0.2, 0) is 4.74 Å². The van der Waals surface area contributed by atoms with Gasteiger partial charge in [0.25, 0.3) is 5.91 Å². The number of aromatic amines is 1. The van der Waals surface area contributed by atoms with Crippen molar-refractivity contribution >= 4 is 17.5 Å². The second-order valence-corrected chi connectivity index (χ2v) is 6.58. The summed E-state index contributed by atoms with van der Waals surface area (Å²) in [6.45, 7) is 1.57. The van der Waals surface area contributed by atoms with Crippen LogP contribution in [0.15, 0.2) is 60.9 Å². The molecule has 1 amide bonds. The van der Waals surface area contributed by atoms with Crippen molar-refractivity contribution < 1.29 is 9.53 Å².